The molecule has 1 heterocycles. The molecule has 0 aliphatic carbocycles. The van der Waals surface area contributed by atoms with Gasteiger partial charge in [-0.2, -0.15) is 0 Å². The number of anilines is 1. The number of rotatable bonds is 5. The fourth-order valence-corrected chi connectivity index (χ4v) is 2.01. The zero-order chi connectivity index (χ0) is 16.8. The maximum absolute atomic E-state index is 11.9. The first-order valence-corrected chi connectivity index (χ1v) is 7.26. The molecule has 0 aliphatic rings. The lowest BCUT2D eigenvalue weighted by Gasteiger charge is -1.99. The molecule has 0 fully saturated rings. The number of hydrogen-bond acceptors (Lipinski definition) is 5. The number of carbonyl (C=O) groups excluding carboxylic acids is 1. The maximum Gasteiger partial charge on any atom is 0.322 e. The van der Waals surface area contributed by atoms with Crippen molar-refractivity contribution in [2.75, 3.05) is 12.4 Å². The van der Waals surface area contributed by atoms with Crippen LogP contribution in [-0.2, 0) is 4.79 Å². The Morgan fingerprint density at radius 2 is 1.83 bits per heavy atom. The van der Waals surface area contributed by atoms with Crippen LogP contribution >= 0.6 is 0 Å². The van der Waals surface area contributed by atoms with E-state index in [0.29, 0.717) is 5.89 Å². The quantitative estimate of drug-likeness (QED) is 0.729. The predicted octanol–water partition coefficient (Wildman–Crippen LogP) is 3.40. The van der Waals surface area contributed by atoms with Gasteiger partial charge < -0.3 is 9.15 Å². The molecule has 0 saturated heterocycles. The summed E-state index contributed by atoms with van der Waals surface area (Å²) in [6, 6.07) is 16.7. The number of carbonyl (C=O) groups is 1. The van der Waals surface area contributed by atoms with Gasteiger partial charge in [-0.1, -0.05) is 35.4 Å². The maximum atomic E-state index is 11.9. The zero-order valence-corrected chi connectivity index (χ0v) is 13.0. The van der Waals surface area contributed by atoms with Crippen LogP contribution in [0.25, 0.3) is 17.5 Å². The molecule has 0 atom stereocenters. The standard InChI is InChI=1S/C18H15N3O3/c1-23-15-10-8-14(9-11-15)17-20-21-18(24-17)19-16(22)12-7-13-5-3-2-4-6-13/h2-12H,1H3,(H,19,21,22). The molecule has 0 radical (unpaired) electrons. The number of nitrogens with zero attached hydrogens (tertiary/aromatic N) is 2. The van der Waals surface area contributed by atoms with Gasteiger partial charge in [-0.15, -0.1) is 5.10 Å². The van der Waals surface area contributed by atoms with Crippen molar-refractivity contribution in [3.8, 4) is 17.2 Å². The van der Waals surface area contributed by atoms with Crippen LogP contribution in [0.5, 0.6) is 5.75 Å². The van der Waals surface area contributed by atoms with E-state index in [4.69, 9.17) is 9.15 Å². The second-order valence-corrected chi connectivity index (χ2v) is 4.87. The Balaban J connectivity index is 1.65. The van der Waals surface area contributed by atoms with E-state index in [1.807, 2.05) is 30.3 Å². The SMILES string of the molecule is COc1ccc(-c2nnc(NC(=O)C=Cc3ccccc3)o2)cc1. The minimum Gasteiger partial charge on any atom is -0.497 e. The summed E-state index contributed by atoms with van der Waals surface area (Å²) in [5.41, 5.74) is 1.67. The Morgan fingerprint density at radius 1 is 1.08 bits per heavy atom. The number of benzene rings is 2. The second kappa shape index (κ2) is 7.23. The van der Waals surface area contributed by atoms with E-state index in [1.165, 1.54) is 6.08 Å². The Bertz CT molecular complexity index is 839. The highest BCUT2D eigenvalue weighted by Gasteiger charge is 2.10. The highest BCUT2D eigenvalue weighted by molar-refractivity contribution is 6.00. The minimum absolute atomic E-state index is 0.0449. The van der Waals surface area contributed by atoms with Crippen molar-refractivity contribution in [1.29, 1.82) is 0 Å². The zero-order valence-electron chi connectivity index (χ0n) is 13.0. The van der Waals surface area contributed by atoms with Crippen molar-refractivity contribution in [3.05, 3.63) is 66.2 Å². The van der Waals surface area contributed by atoms with Crippen LogP contribution in [0.3, 0.4) is 0 Å². The first-order valence-electron chi connectivity index (χ1n) is 7.26. The Labute approximate surface area is 138 Å². The van der Waals surface area contributed by atoms with Crippen LogP contribution in [0.1, 0.15) is 5.56 Å². The predicted molar refractivity (Wildman–Crippen MR) is 90.4 cm³/mol. The fourth-order valence-electron chi connectivity index (χ4n) is 2.01. The summed E-state index contributed by atoms with van der Waals surface area (Å²) >= 11 is 0. The lowest BCUT2D eigenvalue weighted by molar-refractivity contribution is -0.112. The van der Waals surface area contributed by atoms with Gasteiger partial charge in [0, 0.05) is 11.6 Å². The molecule has 0 aliphatic heterocycles. The molecular formula is C18H15N3O3. The first kappa shape index (κ1) is 15.5. The molecule has 6 heteroatoms. The largest absolute Gasteiger partial charge is 0.497 e. The normalized spacial score (nSPS) is 10.7. The molecular weight excluding hydrogens is 306 g/mol. The van der Waals surface area contributed by atoms with Crippen LogP contribution < -0.4 is 10.1 Å². The average molecular weight is 321 g/mol. The van der Waals surface area contributed by atoms with E-state index >= 15 is 0 Å². The molecule has 24 heavy (non-hydrogen) atoms. The van der Waals surface area contributed by atoms with E-state index < -0.39 is 0 Å². The van der Waals surface area contributed by atoms with Crippen molar-refractivity contribution in [2.45, 2.75) is 0 Å². The summed E-state index contributed by atoms with van der Waals surface area (Å²) in [5.74, 6) is 0.710. The Kier molecular flexibility index (Phi) is 4.67. The van der Waals surface area contributed by atoms with Crippen molar-refractivity contribution >= 4 is 18.0 Å². The van der Waals surface area contributed by atoms with Crippen LogP contribution in [0, 0.1) is 0 Å². The van der Waals surface area contributed by atoms with Crippen LogP contribution in [0.4, 0.5) is 6.01 Å². The number of ether oxygens (including phenoxy) is 1. The van der Waals surface area contributed by atoms with E-state index in [0.717, 1.165) is 16.9 Å². The molecule has 3 rings (SSSR count). The van der Waals surface area contributed by atoms with Gasteiger partial charge in [-0.25, -0.2) is 0 Å². The molecule has 0 unspecified atom stereocenters. The van der Waals surface area contributed by atoms with Crippen LogP contribution in [0.2, 0.25) is 0 Å². The summed E-state index contributed by atoms with van der Waals surface area (Å²) in [7, 11) is 1.60. The third kappa shape index (κ3) is 3.86. The molecule has 6 nitrogen and oxygen atoms in total. The van der Waals surface area contributed by atoms with E-state index in [1.54, 1.807) is 37.5 Å². The molecule has 3 aromatic rings. The summed E-state index contributed by atoms with van der Waals surface area (Å²) < 4.78 is 10.5. The van der Waals surface area contributed by atoms with Gasteiger partial charge in [0.1, 0.15) is 5.75 Å². The Hall–Kier alpha value is -3.41. The smallest absolute Gasteiger partial charge is 0.322 e. The third-order valence-electron chi connectivity index (χ3n) is 3.22. The summed E-state index contributed by atoms with van der Waals surface area (Å²) in [5, 5.41) is 10.3. The van der Waals surface area contributed by atoms with Gasteiger partial charge in [-0.3, -0.25) is 10.1 Å². The Morgan fingerprint density at radius 3 is 2.54 bits per heavy atom. The summed E-state index contributed by atoms with van der Waals surface area (Å²) in [6.45, 7) is 0. The van der Waals surface area contributed by atoms with Gasteiger partial charge in [0.2, 0.25) is 5.89 Å². The van der Waals surface area contributed by atoms with Crippen LogP contribution in [0.15, 0.2) is 65.1 Å². The monoisotopic (exact) mass is 321 g/mol. The van der Waals surface area contributed by atoms with Crippen molar-refractivity contribution in [1.82, 2.24) is 10.2 Å². The van der Waals surface area contributed by atoms with Gasteiger partial charge in [0.05, 0.1) is 7.11 Å². The van der Waals surface area contributed by atoms with Crippen molar-refractivity contribution < 1.29 is 13.9 Å². The summed E-state index contributed by atoms with van der Waals surface area (Å²) in [6.07, 6.45) is 3.11. The van der Waals surface area contributed by atoms with Gasteiger partial charge in [0.15, 0.2) is 0 Å². The van der Waals surface area contributed by atoms with E-state index in [2.05, 4.69) is 15.5 Å². The topological polar surface area (TPSA) is 77.3 Å². The average Bonchev–Trinajstić information content (AvgIpc) is 3.09. The number of hydrogen-bond donors (Lipinski definition) is 1. The highest BCUT2D eigenvalue weighted by atomic mass is 16.5. The number of nitrogens with one attached hydrogen (secondary N) is 1. The summed E-state index contributed by atoms with van der Waals surface area (Å²) in [4.78, 5) is 11.9. The third-order valence-corrected chi connectivity index (χ3v) is 3.22. The van der Waals surface area contributed by atoms with Crippen LogP contribution in [-0.4, -0.2) is 23.2 Å². The lowest BCUT2D eigenvalue weighted by atomic mass is 10.2. The lowest BCUT2D eigenvalue weighted by Crippen LogP contribution is -2.07. The molecule has 0 bridgehead atoms. The van der Waals surface area contributed by atoms with Crippen molar-refractivity contribution in [2.24, 2.45) is 0 Å². The molecule has 0 saturated carbocycles. The van der Waals surface area contributed by atoms with Gasteiger partial charge in [0.25, 0.3) is 5.91 Å². The molecule has 1 N–H and O–H groups in total. The number of aromatic nitrogens is 2. The molecule has 1 amide bonds. The fraction of sp³-hybridized carbons (Fsp3) is 0.0556. The van der Waals surface area contributed by atoms with E-state index in [-0.39, 0.29) is 11.9 Å². The number of methoxy groups -OCH3 is 1. The van der Waals surface area contributed by atoms with E-state index in [9.17, 15) is 4.79 Å². The highest BCUT2D eigenvalue weighted by Crippen LogP contribution is 2.22. The molecule has 0 spiro atoms. The molecule has 2 aromatic carbocycles. The van der Waals surface area contributed by atoms with Gasteiger partial charge >= 0.3 is 6.01 Å². The second-order valence-electron chi connectivity index (χ2n) is 4.87. The molecule has 120 valence electrons. The number of amides is 1. The van der Waals surface area contributed by atoms with Gasteiger partial charge in [-0.05, 0) is 35.9 Å². The van der Waals surface area contributed by atoms with Crippen molar-refractivity contribution in [3.63, 3.8) is 0 Å². The molecule has 1 aromatic heterocycles. The first-order chi connectivity index (χ1) is 11.7. The minimum atomic E-state index is -0.344.